The highest BCUT2D eigenvalue weighted by Gasteiger charge is 2.15. The molecule has 0 amide bonds. The smallest absolute Gasteiger partial charge is 0.150 e. The van der Waals surface area contributed by atoms with Crippen LogP contribution >= 0.6 is 0 Å². The third kappa shape index (κ3) is 8.69. The predicted octanol–water partition coefficient (Wildman–Crippen LogP) is 6.98. The van der Waals surface area contributed by atoms with Gasteiger partial charge in [-0.15, -0.1) is 0 Å². The van der Waals surface area contributed by atoms with Gasteiger partial charge >= 0.3 is 0 Å². The van der Waals surface area contributed by atoms with Crippen molar-refractivity contribution in [3.05, 3.63) is 54.8 Å². The van der Waals surface area contributed by atoms with Crippen LogP contribution in [0.3, 0.4) is 0 Å². The molecule has 0 aromatic heterocycles. The summed E-state index contributed by atoms with van der Waals surface area (Å²) in [5, 5.41) is 0. The first kappa shape index (κ1) is 23.9. The molecule has 28 heavy (non-hydrogen) atoms. The van der Waals surface area contributed by atoms with Gasteiger partial charge in [0.25, 0.3) is 0 Å². The zero-order valence-electron chi connectivity index (χ0n) is 18.5. The fourth-order valence-electron chi connectivity index (χ4n) is 3.06. The minimum absolute atomic E-state index is 0.436. The van der Waals surface area contributed by atoms with Crippen molar-refractivity contribution in [2.75, 3.05) is 11.5 Å². The molecule has 1 aromatic carbocycles. The van der Waals surface area contributed by atoms with E-state index in [1.807, 2.05) is 12.2 Å². The van der Waals surface area contributed by atoms with Crippen LogP contribution in [0.2, 0.25) is 0 Å². The largest absolute Gasteiger partial charge is 0.456 e. The number of hydrogen-bond acceptors (Lipinski definition) is 3. The highest BCUT2D eigenvalue weighted by molar-refractivity contribution is 5.61. The fourth-order valence-corrected chi connectivity index (χ4v) is 3.06. The van der Waals surface area contributed by atoms with Gasteiger partial charge in [-0.2, -0.15) is 0 Å². The molecule has 4 N–H and O–H groups in total. The lowest BCUT2D eigenvalue weighted by Crippen LogP contribution is -2.11. The Balaban J connectivity index is 2.44. The fraction of sp³-hybridized carbons (Fsp3) is 0.520. The Bertz CT molecular complexity index is 675. The van der Waals surface area contributed by atoms with E-state index in [0.717, 1.165) is 29.7 Å². The van der Waals surface area contributed by atoms with E-state index in [4.69, 9.17) is 16.2 Å². The quantitative estimate of drug-likeness (QED) is 0.232. The van der Waals surface area contributed by atoms with Gasteiger partial charge in [0, 0.05) is 5.69 Å². The number of rotatable bonds is 12. The summed E-state index contributed by atoms with van der Waals surface area (Å²) in [4.78, 5) is 0. The van der Waals surface area contributed by atoms with Crippen LogP contribution in [0, 0.1) is 23.7 Å². The number of anilines is 2. The first-order valence-corrected chi connectivity index (χ1v) is 10.5. The molecule has 156 valence electrons. The molecule has 0 bridgehead atoms. The molecule has 1 aromatic rings. The molecule has 0 heterocycles. The molecule has 3 atom stereocenters. The summed E-state index contributed by atoms with van der Waals surface area (Å²) in [6, 6.07) is 5.19. The molecule has 3 nitrogen and oxygen atoms in total. The highest BCUT2D eigenvalue weighted by atomic mass is 16.5. The third-order valence-corrected chi connectivity index (χ3v) is 5.62. The molecule has 0 aliphatic rings. The van der Waals surface area contributed by atoms with Crippen LogP contribution in [-0.4, -0.2) is 0 Å². The molecule has 3 unspecified atom stereocenters. The van der Waals surface area contributed by atoms with E-state index < -0.39 is 0 Å². The molecule has 0 spiro atoms. The molecule has 0 aliphatic heterocycles. The zero-order valence-corrected chi connectivity index (χ0v) is 18.5. The minimum Gasteiger partial charge on any atom is -0.456 e. The SMILES string of the molecule is C=C(/C=C\C(=C)C(C)CCC(C)C(C)CCC(C)C)Oc1ccc(N)cc1N. The lowest BCUT2D eigenvalue weighted by molar-refractivity contribution is 0.306. The predicted molar refractivity (Wildman–Crippen MR) is 124 cm³/mol. The molecule has 0 radical (unpaired) electrons. The Labute approximate surface area is 172 Å². The van der Waals surface area contributed by atoms with Crippen molar-refractivity contribution in [1.29, 1.82) is 0 Å². The van der Waals surface area contributed by atoms with E-state index >= 15 is 0 Å². The van der Waals surface area contributed by atoms with Crippen LogP contribution in [0.4, 0.5) is 11.4 Å². The molecule has 0 aliphatic carbocycles. The van der Waals surface area contributed by atoms with Crippen molar-refractivity contribution in [2.45, 2.75) is 60.3 Å². The van der Waals surface area contributed by atoms with E-state index in [1.54, 1.807) is 18.2 Å². The highest BCUT2D eigenvalue weighted by Crippen LogP contribution is 2.28. The van der Waals surface area contributed by atoms with Gasteiger partial charge < -0.3 is 16.2 Å². The van der Waals surface area contributed by atoms with E-state index in [2.05, 4.69) is 47.8 Å². The monoisotopic (exact) mass is 384 g/mol. The summed E-state index contributed by atoms with van der Waals surface area (Å²) in [5.74, 6) is 3.83. The maximum Gasteiger partial charge on any atom is 0.150 e. The van der Waals surface area contributed by atoms with Crippen molar-refractivity contribution in [2.24, 2.45) is 23.7 Å². The van der Waals surface area contributed by atoms with Crippen LogP contribution < -0.4 is 16.2 Å². The molecular weight excluding hydrogens is 344 g/mol. The van der Waals surface area contributed by atoms with Crippen molar-refractivity contribution < 1.29 is 4.74 Å². The van der Waals surface area contributed by atoms with E-state index in [9.17, 15) is 0 Å². The average molecular weight is 385 g/mol. The number of ether oxygens (including phenoxy) is 1. The maximum absolute atomic E-state index is 5.92. The second kappa shape index (κ2) is 11.6. The Kier molecular flexibility index (Phi) is 9.92. The molecule has 0 fully saturated rings. The summed E-state index contributed by atoms with van der Waals surface area (Å²) in [6.45, 7) is 19.8. The topological polar surface area (TPSA) is 61.3 Å². The molecule has 3 heteroatoms. The second-order valence-electron chi connectivity index (χ2n) is 8.68. The third-order valence-electron chi connectivity index (χ3n) is 5.62. The number of benzene rings is 1. The van der Waals surface area contributed by atoms with Crippen LogP contribution in [0.1, 0.15) is 60.3 Å². The normalized spacial score (nSPS) is 14.8. The Morgan fingerprint density at radius 1 is 0.929 bits per heavy atom. The lowest BCUT2D eigenvalue weighted by Gasteiger charge is -2.22. The van der Waals surface area contributed by atoms with Crippen LogP contribution in [0.15, 0.2) is 54.8 Å². The summed E-state index contributed by atoms with van der Waals surface area (Å²) in [5.41, 5.74) is 13.8. The molecule has 1 rings (SSSR count). The van der Waals surface area contributed by atoms with Gasteiger partial charge in [-0.1, -0.05) is 72.3 Å². The number of hydrogen-bond donors (Lipinski definition) is 2. The molecule has 0 saturated carbocycles. The summed E-state index contributed by atoms with van der Waals surface area (Å²) in [6.07, 6.45) is 8.86. The van der Waals surface area contributed by atoms with E-state index in [1.165, 1.54) is 19.3 Å². The zero-order chi connectivity index (χ0) is 21.3. The Morgan fingerprint density at radius 2 is 1.54 bits per heavy atom. The number of allylic oxidation sites excluding steroid dienone is 3. The standard InChI is InChI=1S/C25H40N2O/c1-17(2)8-9-18(3)19(4)10-11-20(5)21(6)12-13-22(7)28-25-15-14-23(26)16-24(25)27/h12-20H,6-11,26-27H2,1-5H3/b13-12-. The van der Waals surface area contributed by atoms with E-state index in [0.29, 0.717) is 28.8 Å². The van der Waals surface area contributed by atoms with E-state index in [-0.39, 0.29) is 0 Å². The van der Waals surface area contributed by atoms with Crippen molar-refractivity contribution in [3.63, 3.8) is 0 Å². The lowest BCUT2D eigenvalue weighted by atomic mass is 9.83. The van der Waals surface area contributed by atoms with Crippen LogP contribution in [0.25, 0.3) is 0 Å². The van der Waals surface area contributed by atoms with Crippen molar-refractivity contribution >= 4 is 11.4 Å². The summed E-state index contributed by atoms with van der Waals surface area (Å²) in [7, 11) is 0. The van der Waals surface area contributed by atoms with Gasteiger partial charge in [-0.3, -0.25) is 0 Å². The van der Waals surface area contributed by atoms with Gasteiger partial charge in [-0.25, -0.2) is 0 Å². The maximum atomic E-state index is 5.92. The van der Waals surface area contributed by atoms with Crippen molar-refractivity contribution in [3.8, 4) is 5.75 Å². The van der Waals surface area contributed by atoms with Crippen LogP contribution in [-0.2, 0) is 0 Å². The second-order valence-corrected chi connectivity index (χ2v) is 8.68. The summed E-state index contributed by atoms with van der Waals surface area (Å²) < 4.78 is 5.70. The number of nitrogens with two attached hydrogens (primary N) is 2. The number of nitrogen functional groups attached to an aromatic ring is 2. The van der Waals surface area contributed by atoms with Gasteiger partial charge in [0.15, 0.2) is 0 Å². The van der Waals surface area contributed by atoms with Gasteiger partial charge in [0.05, 0.1) is 5.69 Å². The minimum atomic E-state index is 0.436. The Morgan fingerprint density at radius 3 is 2.11 bits per heavy atom. The molecular formula is C25H40N2O. The first-order valence-electron chi connectivity index (χ1n) is 10.5. The van der Waals surface area contributed by atoms with Gasteiger partial charge in [0.2, 0.25) is 0 Å². The first-order chi connectivity index (χ1) is 13.1. The Hall–Kier alpha value is -2.16. The van der Waals surface area contributed by atoms with Crippen LogP contribution in [0.5, 0.6) is 5.75 Å². The van der Waals surface area contributed by atoms with Gasteiger partial charge in [0.1, 0.15) is 11.5 Å². The summed E-state index contributed by atoms with van der Waals surface area (Å²) >= 11 is 0. The molecule has 0 saturated heterocycles. The van der Waals surface area contributed by atoms with Gasteiger partial charge in [-0.05, 0) is 60.8 Å². The average Bonchev–Trinajstić information content (AvgIpc) is 2.63. The van der Waals surface area contributed by atoms with Crippen molar-refractivity contribution in [1.82, 2.24) is 0 Å².